The van der Waals surface area contributed by atoms with Gasteiger partial charge in [0, 0.05) is 28.9 Å². The van der Waals surface area contributed by atoms with Crippen LogP contribution in [0.5, 0.6) is 11.5 Å². The second-order valence-electron chi connectivity index (χ2n) is 5.77. The van der Waals surface area contributed by atoms with Gasteiger partial charge in [-0.1, -0.05) is 6.08 Å². The third kappa shape index (κ3) is 4.68. The van der Waals surface area contributed by atoms with Crippen molar-refractivity contribution in [3.05, 3.63) is 76.3 Å². The van der Waals surface area contributed by atoms with Gasteiger partial charge in [0.2, 0.25) is 5.13 Å². The zero-order valence-corrected chi connectivity index (χ0v) is 15.7. The van der Waals surface area contributed by atoms with E-state index in [-0.39, 0.29) is 11.5 Å². The van der Waals surface area contributed by atoms with Crippen molar-refractivity contribution in [2.24, 2.45) is 4.99 Å². The van der Waals surface area contributed by atoms with Gasteiger partial charge in [-0.15, -0.1) is 11.3 Å². The van der Waals surface area contributed by atoms with Gasteiger partial charge in [0.15, 0.2) is 5.78 Å². The third-order valence-electron chi connectivity index (χ3n) is 3.89. The van der Waals surface area contributed by atoms with Gasteiger partial charge < -0.3 is 9.84 Å². The van der Waals surface area contributed by atoms with Crippen molar-refractivity contribution in [1.82, 2.24) is 4.98 Å². The van der Waals surface area contributed by atoms with Gasteiger partial charge in [-0.2, -0.15) is 0 Å². The van der Waals surface area contributed by atoms with E-state index in [0.29, 0.717) is 27.6 Å². The van der Waals surface area contributed by atoms with Gasteiger partial charge in [0.25, 0.3) is 0 Å². The molecule has 0 aliphatic carbocycles. The Morgan fingerprint density at radius 2 is 2.04 bits per heavy atom. The third-order valence-corrected chi connectivity index (χ3v) is 4.57. The molecule has 27 heavy (non-hydrogen) atoms. The van der Waals surface area contributed by atoms with E-state index in [4.69, 9.17) is 4.74 Å². The largest absolute Gasteiger partial charge is 0.507 e. The number of allylic oxidation sites excluding steroid dienone is 1. The van der Waals surface area contributed by atoms with E-state index in [1.807, 2.05) is 11.4 Å². The standard InChI is InChI=1S/C21H18N2O3S/c1-14-11-15(3-8-19(24)16-4-6-18(26-2)7-5-16)12-17(20(14)25)13-23-21-22-9-10-27-21/h3-13,25H,1-2H3/b8-3+,23-13?. The molecule has 0 aliphatic rings. The minimum Gasteiger partial charge on any atom is -0.507 e. The Labute approximate surface area is 161 Å². The lowest BCUT2D eigenvalue weighted by Gasteiger charge is -2.05. The molecule has 136 valence electrons. The number of aromatic nitrogens is 1. The normalized spacial score (nSPS) is 11.3. The summed E-state index contributed by atoms with van der Waals surface area (Å²) in [6.07, 6.45) is 6.48. The van der Waals surface area contributed by atoms with E-state index in [1.165, 1.54) is 17.4 Å². The number of ketones is 1. The van der Waals surface area contributed by atoms with Crippen LogP contribution in [-0.4, -0.2) is 29.2 Å². The average molecular weight is 378 g/mol. The number of thiazole rings is 1. The SMILES string of the molecule is COc1ccc(C(=O)/C=C/c2cc(C)c(O)c(C=Nc3nccs3)c2)cc1. The molecule has 0 saturated heterocycles. The zero-order chi connectivity index (χ0) is 19.2. The maximum absolute atomic E-state index is 12.3. The molecule has 1 aromatic heterocycles. The van der Waals surface area contributed by atoms with Crippen molar-refractivity contribution in [2.45, 2.75) is 6.92 Å². The predicted molar refractivity (Wildman–Crippen MR) is 109 cm³/mol. The van der Waals surface area contributed by atoms with E-state index >= 15 is 0 Å². The van der Waals surface area contributed by atoms with E-state index < -0.39 is 0 Å². The van der Waals surface area contributed by atoms with Crippen LogP contribution < -0.4 is 4.74 Å². The molecule has 0 aliphatic heterocycles. The fourth-order valence-electron chi connectivity index (χ4n) is 2.46. The molecule has 2 aromatic carbocycles. The molecule has 0 fully saturated rings. The molecule has 0 spiro atoms. The number of aromatic hydroxyl groups is 1. The van der Waals surface area contributed by atoms with Gasteiger partial charge in [0.1, 0.15) is 11.5 Å². The van der Waals surface area contributed by atoms with Crippen LogP contribution in [0.1, 0.15) is 27.0 Å². The van der Waals surface area contributed by atoms with Crippen molar-refractivity contribution >= 4 is 34.5 Å². The summed E-state index contributed by atoms with van der Waals surface area (Å²) in [4.78, 5) is 20.7. The first-order valence-corrected chi connectivity index (χ1v) is 9.08. The maximum atomic E-state index is 12.3. The summed E-state index contributed by atoms with van der Waals surface area (Å²) in [7, 11) is 1.58. The molecule has 0 saturated carbocycles. The Morgan fingerprint density at radius 3 is 2.70 bits per heavy atom. The maximum Gasteiger partial charge on any atom is 0.209 e. The van der Waals surface area contributed by atoms with Crippen LogP contribution in [-0.2, 0) is 0 Å². The number of hydrogen-bond donors (Lipinski definition) is 1. The number of aryl methyl sites for hydroxylation is 1. The number of aliphatic imine (C=N–C) groups is 1. The number of benzene rings is 2. The molecule has 6 heteroatoms. The Bertz CT molecular complexity index is 991. The van der Waals surface area contributed by atoms with Crippen molar-refractivity contribution in [1.29, 1.82) is 0 Å². The minimum absolute atomic E-state index is 0.110. The molecule has 3 aromatic rings. The number of methoxy groups -OCH3 is 1. The number of phenols is 1. The Balaban J connectivity index is 1.81. The summed E-state index contributed by atoms with van der Waals surface area (Å²) in [5.41, 5.74) is 2.65. The molecule has 5 nitrogen and oxygen atoms in total. The first-order chi connectivity index (χ1) is 13.1. The van der Waals surface area contributed by atoms with Gasteiger partial charge in [0.05, 0.1) is 7.11 Å². The van der Waals surface area contributed by atoms with Crippen LogP contribution in [0, 0.1) is 6.92 Å². The Hall–Kier alpha value is -3.25. The first kappa shape index (κ1) is 18.5. The van der Waals surface area contributed by atoms with Crippen molar-refractivity contribution in [3.63, 3.8) is 0 Å². The van der Waals surface area contributed by atoms with E-state index in [1.54, 1.807) is 62.9 Å². The summed E-state index contributed by atoms with van der Waals surface area (Å²) < 4.78 is 5.10. The molecule has 0 bridgehead atoms. The highest BCUT2D eigenvalue weighted by Crippen LogP contribution is 2.25. The molecular formula is C21H18N2O3S. The fraction of sp³-hybridized carbons (Fsp3) is 0.0952. The second kappa shape index (κ2) is 8.42. The van der Waals surface area contributed by atoms with Crippen LogP contribution in [0.25, 0.3) is 6.08 Å². The summed E-state index contributed by atoms with van der Waals surface area (Å²) in [5, 5.41) is 12.7. The number of rotatable bonds is 6. The van der Waals surface area contributed by atoms with Crippen LogP contribution in [0.3, 0.4) is 0 Å². The highest BCUT2D eigenvalue weighted by atomic mass is 32.1. The summed E-state index contributed by atoms with van der Waals surface area (Å²) >= 11 is 1.41. The molecule has 0 amide bonds. The number of carbonyl (C=O) groups is 1. The lowest BCUT2D eigenvalue weighted by Crippen LogP contribution is -1.94. The number of hydrogen-bond acceptors (Lipinski definition) is 6. The summed E-state index contributed by atoms with van der Waals surface area (Å²) in [6.45, 7) is 1.80. The lowest BCUT2D eigenvalue weighted by molar-refractivity contribution is 0.104. The second-order valence-corrected chi connectivity index (χ2v) is 6.65. The summed E-state index contributed by atoms with van der Waals surface area (Å²) in [6, 6.07) is 10.5. The Morgan fingerprint density at radius 1 is 1.26 bits per heavy atom. The van der Waals surface area contributed by atoms with E-state index in [9.17, 15) is 9.90 Å². The molecule has 0 atom stereocenters. The van der Waals surface area contributed by atoms with Crippen LogP contribution >= 0.6 is 11.3 Å². The van der Waals surface area contributed by atoms with Crippen LogP contribution in [0.2, 0.25) is 0 Å². The highest BCUT2D eigenvalue weighted by molar-refractivity contribution is 7.13. The number of nitrogens with zero attached hydrogens (tertiary/aromatic N) is 2. The Kier molecular flexibility index (Phi) is 5.78. The zero-order valence-electron chi connectivity index (χ0n) is 14.9. The lowest BCUT2D eigenvalue weighted by atomic mass is 10.0. The number of carbonyl (C=O) groups excluding carboxylic acids is 1. The van der Waals surface area contributed by atoms with E-state index in [2.05, 4.69) is 9.98 Å². The number of ether oxygens (including phenoxy) is 1. The van der Waals surface area contributed by atoms with Crippen molar-refractivity contribution < 1.29 is 14.6 Å². The first-order valence-electron chi connectivity index (χ1n) is 8.20. The van der Waals surface area contributed by atoms with Gasteiger partial charge in [-0.05, 0) is 60.5 Å². The molecule has 0 radical (unpaired) electrons. The smallest absolute Gasteiger partial charge is 0.209 e. The quantitative estimate of drug-likeness (QED) is 0.379. The number of phenolic OH excluding ortho intramolecular Hbond substituents is 1. The molecule has 1 heterocycles. The van der Waals surface area contributed by atoms with Crippen LogP contribution in [0.4, 0.5) is 5.13 Å². The monoisotopic (exact) mass is 378 g/mol. The summed E-state index contributed by atoms with van der Waals surface area (Å²) in [5.74, 6) is 0.754. The molecular weight excluding hydrogens is 360 g/mol. The minimum atomic E-state index is -0.110. The van der Waals surface area contributed by atoms with Crippen molar-refractivity contribution in [3.8, 4) is 11.5 Å². The topological polar surface area (TPSA) is 71.8 Å². The molecule has 1 N–H and O–H groups in total. The van der Waals surface area contributed by atoms with E-state index in [0.717, 1.165) is 5.56 Å². The average Bonchev–Trinajstić information content (AvgIpc) is 3.21. The highest BCUT2D eigenvalue weighted by Gasteiger charge is 2.06. The fourth-order valence-corrected chi connectivity index (χ4v) is 2.94. The van der Waals surface area contributed by atoms with Crippen LogP contribution in [0.15, 0.2) is 59.0 Å². The van der Waals surface area contributed by atoms with Gasteiger partial charge in [-0.3, -0.25) is 4.79 Å². The van der Waals surface area contributed by atoms with Gasteiger partial charge >= 0.3 is 0 Å². The predicted octanol–water partition coefficient (Wildman–Crippen LogP) is 4.81. The molecule has 3 rings (SSSR count). The van der Waals surface area contributed by atoms with Crippen molar-refractivity contribution in [2.75, 3.05) is 7.11 Å². The molecule has 0 unspecified atom stereocenters. The van der Waals surface area contributed by atoms with Gasteiger partial charge in [-0.25, -0.2) is 9.98 Å².